The van der Waals surface area contributed by atoms with Gasteiger partial charge in [0.25, 0.3) is 0 Å². The molecule has 0 spiro atoms. The molecule has 2 aliphatic heterocycles. The zero-order chi connectivity index (χ0) is 18.2. The van der Waals surface area contributed by atoms with Gasteiger partial charge in [-0.15, -0.1) is 0 Å². The van der Waals surface area contributed by atoms with Gasteiger partial charge >= 0.3 is 0 Å². The Bertz CT molecular complexity index is 988. The molecule has 27 heavy (non-hydrogen) atoms. The van der Waals surface area contributed by atoms with Gasteiger partial charge in [-0.1, -0.05) is 11.2 Å². The second-order valence-electron chi connectivity index (χ2n) is 6.40. The van der Waals surface area contributed by atoms with Crippen molar-refractivity contribution >= 4 is 11.6 Å². The monoisotopic (exact) mass is 364 g/mol. The number of nitrogens with zero attached hydrogens (tertiary/aromatic N) is 4. The average molecular weight is 364 g/mol. The van der Waals surface area contributed by atoms with Crippen LogP contribution in [-0.2, 0) is 4.79 Å². The van der Waals surface area contributed by atoms with E-state index in [0.29, 0.717) is 55.1 Å². The van der Waals surface area contributed by atoms with Crippen LogP contribution in [0.25, 0.3) is 11.5 Å². The highest BCUT2D eigenvalue weighted by atomic mass is 16.6. The van der Waals surface area contributed by atoms with Gasteiger partial charge < -0.3 is 18.9 Å². The molecule has 8 heteroatoms. The number of fused-ring (bicyclic) bond motifs is 1. The number of benzene rings is 1. The van der Waals surface area contributed by atoms with Crippen LogP contribution in [0.4, 0.5) is 5.69 Å². The number of ether oxygens (including phenoxy) is 2. The van der Waals surface area contributed by atoms with E-state index in [-0.39, 0.29) is 11.8 Å². The predicted molar refractivity (Wildman–Crippen MR) is 94.7 cm³/mol. The van der Waals surface area contributed by atoms with E-state index in [0.717, 1.165) is 5.69 Å². The van der Waals surface area contributed by atoms with Crippen LogP contribution < -0.4 is 14.4 Å². The molecule has 5 rings (SSSR count). The summed E-state index contributed by atoms with van der Waals surface area (Å²) in [5.41, 5.74) is 1.41. The van der Waals surface area contributed by atoms with Crippen molar-refractivity contribution in [3.8, 4) is 23.0 Å². The first-order chi connectivity index (χ1) is 13.3. The second-order valence-corrected chi connectivity index (χ2v) is 6.40. The summed E-state index contributed by atoms with van der Waals surface area (Å²) >= 11 is 0. The van der Waals surface area contributed by atoms with Gasteiger partial charge in [0.05, 0.1) is 5.92 Å². The van der Waals surface area contributed by atoms with Gasteiger partial charge in [-0.3, -0.25) is 9.78 Å². The molecule has 0 aliphatic carbocycles. The molecule has 1 amide bonds. The van der Waals surface area contributed by atoms with Crippen molar-refractivity contribution in [2.75, 3.05) is 24.7 Å². The van der Waals surface area contributed by atoms with Crippen molar-refractivity contribution in [1.29, 1.82) is 0 Å². The summed E-state index contributed by atoms with van der Waals surface area (Å²) in [7, 11) is 0. The smallest absolute Gasteiger partial charge is 0.232 e. The number of aromatic nitrogens is 3. The van der Waals surface area contributed by atoms with Gasteiger partial charge in [0.1, 0.15) is 18.9 Å². The number of carbonyl (C=O) groups excluding carboxylic acids is 1. The zero-order valence-corrected chi connectivity index (χ0v) is 14.4. The number of hydrogen-bond acceptors (Lipinski definition) is 7. The molecule has 1 saturated heterocycles. The minimum absolute atomic E-state index is 0.00858. The Labute approximate surface area is 154 Å². The molecule has 0 N–H and O–H groups in total. The first-order valence-electron chi connectivity index (χ1n) is 8.73. The molecule has 4 heterocycles. The van der Waals surface area contributed by atoms with E-state index in [1.54, 1.807) is 11.1 Å². The lowest BCUT2D eigenvalue weighted by atomic mass is 10.1. The SMILES string of the molecule is O=C1C[C@H](c2nc(-c3ccccn3)no2)CN1c1ccc2c(c1)OCCO2. The van der Waals surface area contributed by atoms with Crippen molar-refractivity contribution in [1.82, 2.24) is 15.1 Å². The molecule has 0 bridgehead atoms. The maximum atomic E-state index is 12.6. The van der Waals surface area contributed by atoms with E-state index in [1.165, 1.54) is 0 Å². The molecular weight excluding hydrogens is 348 g/mol. The van der Waals surface area contributed by atoms with Crippen LogP contribution in [0.1, 0.15) is 18.2 Å². The zero-order valence-electron chi connectivity index (χ0n) is 14.4. The molecule has 0 saturated carbocycles. The van der Waals surface area contributed by atoms with E-state index in [2.05, 4.69) is 15.1 Å². The van der Waals surface area contributed by atoms with Crippen molar-refractivity contribution in [3.05, 3.63) is 48.5 Å². The van der Waals surface area contributed by atoms with Crippen LogP contribution in [0.2, 0.25) is 0 Å². The summed E-state index contributed by atoms with van der Waals surface area (Å²) in [6.07, 6.45) is 1.99. The molecular formula is C19H16N4O4. The summed E-state index contributed by atoms with van der Waals surface area (Å²) in [4.78, 5) is 22.9. The molecule has 1 atom stereocenters. The topological polar surface area (TPSA) is 90.6 Å². The maximum absolute atomic E-state index is 12.6. The number of hydrogen-bond donors (Lipinski definition) is 0. The third-order valence-electron chi connectivity index (χ3n) is 4.65. The number of rotatable bonds is 3. The maximum Gasteiger partial charge on any atom is 0.232 e. The lowest BCUT2D eigenvalue weighted by Crippen LogP contribution is -2.24. The van der Waals surface area contributed by atoms with Crippen LogP contribution in [0.5, 0.6) is 11.5 Å². The Hall–Kier alpha value is -3.42. The lowest BCUT2D eigenvalue weighted by molar-refractivity contribution is -0.117. The van der Waals surface area contributed by atoms with Crippen LogP contribution in [0.3, 0.4) is 0 Å². The number of carbonyl (C=O) groups is 1. The fourth-order valence-electron chi connectivity index (χ4n) is 3.32. The quantitative estimate of drug-likeness (QED) is 0.705. The second kappa shape index (κ2) is 6.39. The highest BCUT2D eigenvalue weighted by Crippen LogP contribution is 2.37. The Kier molecular flexibility index (Phi) is 3.74. The van der Waals surface area contributed by atoms with Gasteiger partial charge in [0, 0.05) is 30.9 Å². The largest absolute Gasteiger partial charge is 0.486 e. The summed E-state index contributed by atoms with van der Waals surface area (Å²) in [6, 6.07) is 11.0. The lowest BCUT2D eigenvalue weighted by Gasteiger charge is -2.22. The summed E-state index contributed by atoms with van der Waals surface area (Å²) < 4.78 is 16.5. The normalized spacial score (nSPS) is 18.7. The van der Waals surface area contributed by atoms with Crippen molar-refractivity contribution < 1.29 is 18.8 Å². The Balaban J connectivity index is 1.37. The Morgan fingerprint density at radius 1 is 1.07 bits per heavy atom. The van der Waals surface area contributed by atoms with E-state index >= 15 is 0 Å². The van der Waals surface area contributed by atoms with Crippen molar-refractivity contribution in [3.63, 3.8) is 0 Å². The van der Waals surface area contributed by atoms with Crippen molar-refractivity contribution in [2.24, 2.45) is 0 Å². The molecule has 2 aliphatic rings. The van der Waals surface area contributed by atoms with Crippen molar-refractivity contribution in [2.45, 2.75) is 12.3 Å². The standard InChI is InChI=1S/C19H16N4O4/c24-17-9-12(19-21-18(22-27-19)14-3-1-2-6-20-14)11-23(17)13-4-5-15-16(10-13)26-8-7-25-15/h1-6,10,12H,7-9,11H2/t12-/m0/s1. The minimum atomic E-state index is -0.157. The average Bonchev–Trinajstić information content (AvgIpc) is 3.35. The molecule has 8 nitrogen and oxygen atoms in total. The molecule has 3 aromatic rings. The summed E-state index contributed by atoms with van der Waals surface area (Å²) in [6.45, 7) is 1.51. The highest BCUT2D eigenvalue weighted by molar-refractivity contribution is 5.96. The number of pyridine rings is 1. The highest BCUT2D eigenvalue weighted by Gasteiger charge is 2.35. The summed E-state index contributed by atoms with van der Waals surface area (Å²) in [5.74, 6) is 2.08. The minimum Gasteiger partial charge on any atom is -0.486 e. The first-order valence-corrected chi connectivity index (χ1v) is 8.73. The number of amides is 1. The van der Waals surface area contributed by atoms with E-state index in [1.807, 2.05) is 36.4 Å². The fourth-order valence-corrected chi connectivity index (χ4v) is 3.32. The Morgan fingerprint density at radius 2 is 1.96 bits per heavy atom. The van der Waals surface area contributed by atoms with E-state index in [4.69, 9.17) is 14.0 Å². The molecule has 2 aromatic heterocycles. The van der Waals surface area contributed by atoms with Crippen LogP contribution in [-0.4, -0.2) is 40.8 Å². The predicted octanol–water partition coefficient (Wildman–Crippen LogP) is 2.42. The molecule has 0 radical (unpaired) electrons. The molecule has 136 valence electrons. The Morgan fingerprint density at radius 3 is 2.81 bits per heavy atom. The molecule has 0 unspecified atom stereocenters. The van der Waals surface area contributed by atoms with E-state index < -0.39 is 0 Å². The van der Waals surface area contributed by atoms with Gasteiger partial charge in [0.15, 0.2) is 11.5 Å². The van der Waals surface area contributed by atoms with Crippen LogP contribution in [0, 0.1) is 0 Å². The summed E-state index contributed by atoms with van der Waals surface area (Å²) in [5, 5.41) is 4.00. The number of anilines is 1. The molecule has 1 fully saturated rings. The van der Waals surface area contributed by atoms with Gasteiger partial charge in [-0.2, -0.15) is 4.98 Å². The fraction of sp³-hybridized carbons (Fsp3) is 0.263. The van der Waals surface area contributed by atoms with Gasteiger partial charge in [-0.05, 0) is 24.3 Å². The van der Waals surface area contributed by atoms with Crippen LogP contribution >= 0.6 is 0 Å². The van der Waals surface area contributed by atoms with Gasteiger partial charge in [-0.25, -0.2) is 0 Å². The van der Waals surface area contributed by atoms with Crippen LogP contribution in [0.15, 0.2) is 47.1 Å². The first kappa shape index (κ1) is 15.8. The third-order valence-corrected chi connectivity index (χ3v) is 4.65. The molecule has 1 aromatic carbocycles. The van der Waals surface area contributed by atoms with E-state index in [9.17, 15) is 4.79 Å². The third kappa shape index (κ3) is 2.88. The van der Waals surface area contributed by atoms with Gasteiger partial charge in [0.2, 0.25) is 17.6 Å².